The van der Waals surface area contributed by atoms with Crippen LogP contribution in [-0.2, 0) is 20.7 Å². The zero-order valence-corrected chi connectivity index (χ0v) is 13.7. The first kappa shape index (κ1) is 16.3. The molecule has 1 aromatic carbocycles. The average molecular weight is 335 g/mol. The van der Waals surface area contributed by atoms with Gasteiger partial charge in [0.05, 0.1) is 25.7 Å². The van der Waals surface area contributed by atoms with Crippen LogP contribution in [-0.4, -0.2) is 60.7 Å². The van der Waals surface area contributed by atoms with Crippen LogP contribution in [0.2, 0.25) is 0 Å². The monoisotopic (exact) mass is 335 g/mol. The molecule has 1 aromatic rings. The van der Waals surface area contributed by atoms with Crippen LogP contribution >= 0.6 is 11.8 Å². The van der Waals surface area contributed by atoms with Crippen LogP contribution in [0.1, 0.15) is 5.56 Å². The van der Waals surface area contributed by atoms with E-state index in [0.717, 1.165) is 22.9 Å². The molecule has 6 nitrogen and oxygen atoms in total. The van der Waals surface area contributed by atoms with Gasteiger partial charge in [0.1, 0.15) is 0 Å². The fourth-order valence-electron chi connectivity index (χ4n) is 2.60. The molecule has 1 atom stereocenters. The van der Waals surface area contributed by atoms with Crippen molar-refractivity contribution in [3.8, 4) is 0 Å². The number of benzene rings is 1. The van der Waals surface area contributed by atoms with Gasteiger partial charge in [-0.25, -0.2) is 0 Å². The second-order valence-corrected chi connectivity index (χ2v) is 6.66. The Morgan fingerprint density at radius 3 is 2.65 bits per heavy atom. The lowest BCUT2D eigenvalue weighted by Crippen LogP contribution is -2.41. The number of anilines is 1. The van der Waals surface area contributed by atoms with E-state index in [1.165, 1.54) is 0 Å². The summed E-state index contributed by atoms with van der Waals surface area (Å²) in [5.74, 6) is 1.74. The molecule has 0 aliphatic carbocycles. The Kier molecular flexibility index (Phi) is 5.53. The highest BCUT2D eigenvalue weighted by atomic mass is 32.2. The van der Waals surface area contributed by atoms with Crippen molar-refractivity contribution >= 4 is 29.3 Å². The van der Waals surface area contributed by atoms with E-state index >= 15 is 0 Å². The predicted octanol–water partition coefficient (Wildman–Crippen LogP) is 0.689. The normalized spacial score (nSPS) is 21.2. The zero-order chi connectivity index (χ0) is 16.1. The Hall–Kier alpha value is -1.57. The molecule has 3 rings (SSSR count). The first-order chi connectivity index (χ1) is 11.2. The molecular formula is C16H21N3O3S. The third kappa shape index (κ3) is 4.46. The van der Waals surface area contributed by atoms with E-state index in [0.29, 0.717) is 32.7 Å². The van der Waals surface area contributed by atoms with Crippen molar-refractivity contribution in [2.24, 2.45) is 0 Å². The molecule has 2 saturated heterocycles. The van der Waals surface area contributed by atoms with E-state index in [1.54, 1.807) is 11.8 Å². The summed E-state index contributed by atoms with van der Waals surface area (Å²) in [5.41, 5.74) is 1.71. The number of morpholine rings is 1. The van der Waals surface area contributed by atoms with Gasteiger partial charge in [0, 0.05) is 30.4 Å². The number of amides is 2. The van der Waals surface area contributed by atoms with Crippen molar-refractivity contribution in [1.82, 2.24) is 10.2 Å². The minimum Gasteiger partial charge on any atom is -0.378 e. The molecule has 2 aliphatic rings. The van der Waals surface area contributed by atoms with Gasteiger partial charge in [-0.05, 0) is 17.7 Å². The Bertz CT molecular complexity index is 552. The number of thioether (sulfide) groups is 1. The fraction of sp³-hybridized carbons (Fsp3) is 0.500. The molecule has 2 aliphatic heterocycles. The summed E-state index contributed by atoms with van der Waals surface area (Å²) < 4.78 is 5.25. The van der Waals surface area contributed by atoms with Crippen molar-refractivity contribution in [3.63, 3.8) is 0 Å². The Balaban J connectivity index is 1.52. The van der Waals surface area contributed by atoms with Gasteiger partial charge >= 0.3 is 0 Å². The van der Waals surface area contributed by atoms with E-state index < -0.39 is 0 Å². The molecule has 23 heavy (non-hydrogen) atoms. The highest BCUT2D eigenvalue weighted by molar-refractivity contribution is 7.99. The number of rotatable bonds is 4. The van der Waals surface area contributed by atoms with Crippen LogP contribution in [0, 0.1) is 0 Å². The first-order valence-electron chi connectivity index (χ1n) is 7.79. The molecule has 0 bridgehead atoms. The van der Waals surface area contributed by atoms with Gasteiger partial charge in [0.25, 0.3) is 0 Å². The zero-order valence-electron chi connectivity index (χ0n) is 12.9. The quantitative estimate of drug-likeness (QED) is 0.847. The number of hydrogen-bond donors (Lipinski definition) is 2. The maximum absolute atomic E-state index is 12.2. The van der Waals surface area contributed by atoms with E-state index in [9.17, 15) is 9.59 Å². The molecule has 0 saturated carbocycles. The molecule has 124 valence electrons. The first-order valence-corrected chi connectivity index (χ1v) is 8.94. The van der Waals surface area contributed by atoms with Gasteiger partial charge in [-0.15, -0.1) is 11.8 Å². The minimum atomic E-state index is -0.123. The van der Waals surface area contributed by atoms with Crippen LogP contribution in [0.5, 0.6) is 0 Å². The highest BCUT2D eigenvalue weighted by Gasteiger charge is 2.22. The van der Waals surface area contributed by atoms with E-state index in [2.05, 4.69) is 10.6 Å². The molecule has 2 N–H and O–H groups in total. The Labute approximate surface area is 139 Å². The summed E-state index contributed by atoms with van der Waals surface area (Å²) in [6, 6.07) is 7.36. The van der Waals surface area contributed by atoms with E-state index in [-0.39, 0.29) is 17.9 Å². The summed E-state index contributed by atoms with van der Waals surface area (Å²) in [7, 11) is 0. The van der Waals surface area contributed by atoms with Gasteiger partial charge in [0.2, 0.25) is 11.8 Å². The third-order valence-electron chi connectivity index (χ3n) is 3.97. The standard InChI is InChI=1S/C16H21N3O3S/c20-15(19-5-7-22-8-6-19)9-12-1-3-13(4-2-12)18-16(21)14-10-23-11-17-14/h1-4,14,17H,5-11H2,(H,18,21). The smallest absolute Gasteiger partial charge is 0.242 e. The molecule has 2 amide bonds. The SMILES string of the molecule is O=C(Nc1ccc(CC(=O)N2CCOCC2)cc1)C1CSCN1. The summed E-state index contributed by atoms with van der Waals surface area (Å²) in [6.07, 6.45) is 0.384. The second kappa shape index (κ2) is 7.81. The maximum atomic E-state index is 12.2. The van der Waals surface area contributed by atoms with E-state index in [1.807, 2.05) is 29.2 Å². The van der Waals surface area contributed by atoms with Crippen LogP contribution < -0.4 is 10.6 Å². The second-order valence-electron chi connectivity index (χ2n) is 5.63. The minimum absolute atomic E-state index is 0.00727. The number of hydrogen-bond acceptors (Lipinski definition) is 5. The van der Waals surface area contributed by atoms with E-state index in [4.69, 9.17) is 4.74 Å². The van der Waals surface area contributed by atoms with Crippen molar-refractivity contribution in [1.29, 1.82) is 0 Å². The molecule has 2 heterocycles. The van der Waals surface area contributed by atoms with Gasteiger partial charge in [-0.2, -0.15) is 0 Å². The van der Waals surface area contributed by atoms with Crippen LogP contribution in [0.15, 0.2) is 24.3 Å². The van der Waals surface area contributed by atoms with Crippen molar-refractivity contribution in [3.05, 3.63) is 29.8 Å². The summed E-state index contributed by atoms with van der Waals surface area (Å²) in [6.45, 7) is 2.56. The molecule has 1 unspecified atom stereocenters. The maximum Gasteiger partial charge on any atom is 0.242 e. The van der Waals surface area contributed by atoms with Crippen LogP contribution in [0.3, 0.4) is 0 Å². The number of carbonyl (C=O) groups excluding carboxylic acids is 2. The lowest BCUT2D eigenvalue weighted by atomic mass is 10.1. The van der Waals surface area contributed by atoms with Crippen LogP contribution in [0.4, 0.5) is 5.69 Å². The average Bonchev–Trinajstić information content (AvgIpc) is 3.12. The van der Waals surface area contributed by atoms with Gasteiger partial charge in [-0.1, -0.05) is 12.1 Å². The number of nitrogens with one attached hydrogen (secondary N) is 2. The molecule has 0 aromatic heterocycles. The summed E-state index contributed by atoms with van der Waals surface area (Å²) in [4.78, 5) is 26.1. The largest absolute Gasteiger partial charge is 0.378 e. The van der Waals surface area contributed by atoms with Crippen LogP contribution in [0.25, 0.3) is 0 Å². The molecular weight excluding hydrogens is 314 g/mol. The van der Waals surface area contributed by atoms with Crippen molar-refractivity contribution in [2.75, 3.05) is 43.2 Å². The predicted molar refractivity (Wildman–Crippen MR) is 90.4 cm³/mol. The topological polar surface area (TPSA) is 70.7 Å². The van der Waals surface area contributed by atoms with Crippen molar-refractivity contribution in [2.45, 2.75) is 12.5 Å². The lowest BCUT2D eigenvalue weighted by Gasteiger charge is -2.26. The number of carbonyl (C=O) groups is 2. The summed E-state index contributed by atoms with van der Waals surface area (Å²) >= 11 is 1.72. The third-order valence-corrected chi connectivity index (χ3v) is 4.91. The fourth-order valence-corrected chi connectivity index (χ4v) is 3.54. The lowest BCUT2D eigenvalue weighted by molar-refractivity contribution is -0.134. The Morgan fingerprint density at radius 1 is 1.26 bits per heavy atom. The Morgan fingerprint density at radius 2 is 2.00 bits per heavy atom. The summed E-state index contributed by atoms with van der Waals surface area (Å²) in [5, 5.41) is 6.04. The van der Waals surface area contributed by atoms with Gasteiger partial charge < -0.3 is 15.0 Å². The van der Waals surface area contributed by atoms with Gasteiger partial charge in [-0.3, -0.25) is 14.9 Å². The number of ether oxygens (including phenoxy) is 1. The molecule has 0 spiro atoms. The van der Waals surface area contributed by atoms with Crippen molar-refractivity contribution < 1.29 is 14.3 Å². The molecule has 7 heteroatoms. The molecule has 0 radical (unpaired) electrons. The molecule has 2 fully saturated rings. The highest BCUT2D eigenvalue weighted by Crippen LogP contribution is 2.14. The number of nitrogens with zero attached hydrogens (tertiary/aromatic N) is 1. The van der Waals surface area contributed by atoms with Gasteiger partial charge in [0.15, 0.2) is 0 Å².